The van der Waals surface area contributed by atoms with Crippen LogP contribution in [0, 0.1) is 0 Å². The number of benzene rings is 4. The predicted molar refractivity (Wildman–Crippen MR) is 148 cm³/mol. The van der Waals surface area contributed by atoms with Crippen molar-refractivity contribution < 1.29 is 0 Å². The molecule has 4 heteroatoms. The van der Waals surface area contributed by atoms with Gasteiger partial charge in [-0.25, -0.2) is 4.98 Å². The molecule has 0 saturated heterocycles. The van der Waals surface area contributed by atoms with E-state index in [1.807, 2.05) is 6.20 Å². The molecule has 0 aliphatic carbocycles. The van der Waals surface area contributed by atoms with E-state index in [-0.39, 0.29) is 0 Å². The lowest BCUT2D eigenvalue weighted by Crippen LogP contribution is -1.99. The fourth-order valence-corrected chi connectivity index (χ4v) is 6.39. The molecule has 0 amide bonds. The molecule has 0 atom stereocenters. The van der Waals surface area contributed by atoms with Crippen molar-refractivity contribution in [2.24, 2.45) is 0 Å². The zero-order chi connectivity index (χ0) is 22.9. The Labute approximate surface area is 205 Å². The van der Waals surface area contributed by atoms with Gasteiger partial charge in [0.25, 0.3) is 0 Å². The Hall–Kier alpha value is -4.41. The fraction of sp³-hybridized carbons (Fsp3) is 0. The van der Waals surface area contributed by atoms with Crippen molar-refractivity contribution in [2.75, 3.05) is 0 Å². The van der Waals surface area contributed by atoms with Crippen LogP contribution in [0.1, 0.15) is 0 Å². The van der Waals surface area contributed by atoms with Crippen molar-refractivity contribution in [3.05, 3.63) is 114 Å². The van der Waals surface area contributed by atoms with Crippen LogP contribution in [0.3, 0.4) is 0 Å². The fourth-order valence-electron chi connectivity index (χ4n) is 5.59. The second-order valence-electron chi connectivity index (χ2n) is 8.94. The number of rotatable bonds is 2. The molecule has 3 nitrogen and oxygen atoms in total. The van der Waals surface area contributed by atoms with Gasteiger partial charge in [0.1, 0.15) is 5.65 Å². The SMILES string of the molecule is c1cc(-n2c3ccccc3c3ccccc32)cc(-n2c3cscc3c3c4ccccc4cnc32)c1. The predicted octanol–water partition coefficient (Wildman–Crippen LogP) is 8.49. The van der Waals surface area contributed by atoms with Gasteiger partial charge in [-0.1, -0.05) is 66.7 Å². The summed E-state index contributed by atoms with van der Waals surface area (Å²) in [5, 5.41) is 11.9. The van der Waals surface area contributed by atoms with Crippen molar-refractivity contribution in [2.45, 2.75) is 0 Å². The van der Waals surface area contributed by atoms with Crippen LogP contribution >= 0.6 is 11.3 Å². The van der Waals surface area contributed by atoms with Crippen LogP contribution in [0.2, 0.25) is 0 Å². The maximum absolute atomic E-state index is 4.95. The summed E-state index contributed by atoms with van der Waals surface area (Å²) in [6.45, 7) is 0. The quantitative estimate of drug-likeness (QED) is 0.251. The van der Waals surface area contributed by atoms with Crippen molar-refractivity contribution in [1.82, 2.24) is 14.1 Å². The number of pyridine rings is 1. The van der Waals surface area contributed by atoms with Crippen molar-refractivity contribution >= 4 is 65.9 Å². The second kappa shape index (κ2) is 7.05. The summed E-state index contributed by atoms with van der Waals surface area (Å²) < 4.78 is 4.68. The molecule has 0 bridgehead atoms. The van der Waals surface area contributed by atoms with Gasteiger partial charge in [-0.2, -0.15) is 0 Å². The van der Waals surface area contributed by atoms with Crippen molar-refractivity contribution in [3.63, 3.8) is 0 Å². The molecule has 0 aliphatic rings. The first kappa shape index (κ1) is 19.0. The summed E-state index contributed by atoms with van der Waals surface area (Å²) in [5.74, 6) is 0. The molecule has 0 unspecified atom stereocenters. The summed E-state index contributed by atoms with van der Waals surface area (Å²) >= 11 is 1.74. The largest absolute Gasteiger partial charge is 0.309 e. The van der Waals surface area contributed by atoms with Gasteiger partial charge in [0.2, 0.25) is 0 Å². The van der Waals surface area contributed by atoms with E-state index in [9.17, 15) is 0 Å². The standard InChI is InChI=1S/C31H19N3S/c1-2-11-23-20(8-1)17-32-31-30(23)26-18-35-19-29(26)34(31)22-10-7-9-21(16-22)33-27-14-5-3-12-24(27)25-13-4-6-15-28(25)33/h1-19H. The highest BCUT2D eigenvalue weighted by Crippen LogP contribution is 2.38. The van der Waals surface area contributed by atoms with Gasteiger partial charge in [-0.3, -0.25) is 4.57 Å². The molecule has 4 aromatic heterocycles. The maximum Gasteiger partial charge on any atom is 0.146 e. The molecule has 0 aliphatic heterocycles. The Morgan fingerprint density at radius 3 is 1.97 bits per heavy atom. The summed E-state index contributed by atoms with van der Waals surface area (Å²) in [6, 6.07) is 34.6. The van der Waals surface area contributed by atoms with Gasteiger partial charge in [0.15, 0.2) is 0 Å². The molecule has 0 radical (unpaired) electrons. The van der Waals surface area contributed by atoms with Gasteiger partial charge in [-0.05, 0) is 35.7 Å². The van der Waals surface area contributed by atoms with Gasteiger partial charge < -0.3 is 4.57 Å². The number of aromatic nitrogens is 3. The zero-order valence-electron chi connectivity index (χ0n) is 18.7. The maximum atomic E-state index is 4.95. The number of hydrogen-bond donors (Lipinski definition) is 0. The highest BCUT2D eigenvalue weighted by Gasteiger charge is 2.18. The molecular formula is C31H19N3S. The van der Waals surface area contributed by atoms with E-state index >= 15 is 0 Å². The third-order valence-electron chi connectivity index (χ3n) is 7.07. The van der Waals surface area contributed by atoms with Crippen molar-refractivity contribution in [3.8, 4) is 11.4 Å². The minimum Gasteiger partial charge on any atom is -0.309 e. The molecule has 0 spiro atoms. The van der Waals surface area contributed by atoms with Crippen molar-refractivity contribution in [1.29, 1.82) is 0 Å². The van der Waals surface area contributed by atoms with E-state index in [2.05, 4.69) is 117 Å². The van der Waals surface area contributed by atoms with Crippen LogP contribution in [0.15, 0.2) is 114 Å². The van der Waals surface area contributed by atoms with Crippen LogP contribution in [0.25, 0.3) is 65.9 Å². The molecule has 8 rings (SSSR count). The van der Waals surface area contributed by atoms with E-state index in [0.717, 1.165) is 17.0 Å². The lowest BCUT2D eigenvalue weighted by atomic mass is 10.1. The van der Waals surface area contributed by atoms with E-state index in [1.165, 1.54) is 48.9 Å². The Morgan fingerprint density at radius 1 is 0.543 bits per heavy atom. The first-order valence-electron chi connectivity index (χ1n) is 11.7. The number of fused-ring (bicyclic) bond motifs is 8. The summed E-state index contributed by atoms with van der Waals surface area (Å²) in [4.78, 5) is 4.95. The molecule has 0 fully saturated rings. The number of para-hydroxylation sites is 2. The van der Waals surface area contributed by atoms with E-state index in [0.29, 0.717) is 0 Å². The number of nitrogens with zero attached hydrogens (tertiary/aromatic N) is 3. The second-order valence-corrected chi connectivity index (χ2v) is 9.68. The average molecular weight is 466 g/mol. The van der Waals surface area contributed by atoms with E-state index < -0.39 is 0 Å². The first-order valence-corrected chi connectivity index (χ1v) is 12.7. The van der Waals surface area contributed by atoms with Gasteiger partial charge in [0.05, 0.1) is 16.6 Å². The molecule has 8 aromatic rings. The van der Waals surface area contributed by atoms with Gasteiger partial charge >= 0.3 is 0 Å². The summed E-state index contributed by atoms with van der Waals surface area (Å²) in [7, 11) is 0. The van der Waals surface area contributed by atoms with Crippen LogP contribution < -0.4 is 0 Å². The Morgan fingerprint density at radius 2 is 1.20 bits per heavy atom. The monoisotopic (exact) mass is 465 g/mol. The minimum atomic E-state index is 1.00. The lowest BCUT2D eigenvalue weighted by molar-refractivity contribution is 1.11. The number of thiophene rings is 1. The highest BCUT2D eigenvalue weighted by molar-refractivity contribution is 7.09. The molecule has 164 valence electrons. The molecule has 0 saturated carbocycles. The Balaban J connectivity index is 1.45. The molecular weight excluding hydrogens is 446 g/mol. The highest BCUT2D eigenvalue weighted by atomic mass is 32.1. The van der Waals surface area contributed by atoms with Gasteiger partial charge in [0, 0.05) is 55.3 Å². The average Bonchev–Trinajstić information content (AvgIpc) is 3.59. The Bertz CT molecular complexity index is 2020. The molecule has 35 heavy (non-hydrogen) atoms. The summed E-state index contributed by atoms with van der Waals surface area (Å²) in [5.41, 5.74) is 6.89. The topological polar surface area (TPSA) is 22.8 Å². The third-order valence-corrected chi connectivity index (χ3v) is 7.80. The van der Waals surface area contributed by atoms with E-state index in [1.54, 1.807) is 11.3 Å². The first-order chi connectivity index (χ1) is 17.4. The van der Waals surface area contributed by atoms with Crippen LogP contribution in [-0.2, 0) is 0 Å². The smallest absolute Gasteiger partial charge is 0.146 e. The Kier molecular flexibility index (Phi) is 3.82. The molecule has 4 heterocycles. The van der Waals surface area contributed by atoms with Crippen LogP contribution in [0.4, 0.5) is 0 Å². The minimum absolute atomic E-state index is 1.00. The molecule has 4 aromatic carbocycles. The number of hydrogen-bond acceptors (Lipinski definition) is 2. The molecule has 0 N–H and O–H groups in total. The zero-order valence-corrected chi connectivity index (χ0v) is 19.5. The lowest BCUT2D eigenvalue weighted by Gasteiger charge is -2.12. The third kappa shape index (κ3) is 2.57. The summed E-state index contributed by atoms with van der Waals surface area (Å²) in [6.07, 6.45) is 1.99. The van der Waals surface area contributed by atoms with E-state index in [4.69, 9.17) is 4.98 Å². The van der Waals surface area contributed by atoms with Gasteiger partial charge in [-0.15, -0.1) is 11.3 Å². The van der Waals surface area contributed by atoms with Crippen LogP contribution in [0.5, 0.6) is 0 Å². The normalized spacial score (nSPS) is 12.0. The van der Waals surface area contributed by atoms with Crippen LogP contribution in [-0.4, -0.2) is 14.1 Å².